The van der Waals surface area contributed by atoms with Gasteiger partial charge in [-0.3, -0.25) is 0 Å². The largest absolute Gasteiger partial charge is 0.478 e. The second-order valence-electron chi connectivity index (χ2n) is 4.82. The van der Waals surface area contributed by atoms with Crippen molar-refractivity contribution in [3.63, 3.8) is 0 Å². The predicted octanol–water partition coefficient (Wildman–Crippen LogP) is 3.67. The first-order valence-electron chi connectivity index (χ1n) is 7.15. The van der Waals surface area contributed by atoms with Crippen LogP contribution in [0.3, 0.4) is 0 Å². The van der Waals surface area contributed by atoms with E-state index in [4.69, 9.17) is 4.42 Å². The van der Waals surface area contributed by atoms with Gasteiger partial charge >= 0.3 is 5.97 Å². The van der Waals surface area contributed by atoms with Crippen molar-refractivity contribution in [1.82, 2.24) is 10.2 Å². The average molecular weight is 329 g/mol. The number of rotatable bonds is 6. The highest BCUT2D eigenvalue weighted by Crippen LogP contribution is 2.26. The number of aromatic nitrogens is 2. The predicted molar refractivity (Wildman–Crippen MR) is 87.7 cm³/mol. The van der Waals surface area contributed by atoms with E-state index in [0.29, 0.717) is 23.6 Å². The van der Waals surface area contributed by atoms with E-state index in [0.717, 1.165) is 16.6 Å². The van der Waals surface area contributed by atoms with Crippen LogP contribution >= 0.6 is 11.3 Å². The van der Waals surface area contributed by atoms with Crippen LogP contribution in [0.1, 0.15) is 28.0 Å². The van der Waals surface area contributed by atoms with Crippen molar-refractivity contribution in [2.24, 2.45) is 0 Å². The van der Waals surface area contributed by atoms with Gasteiger partial charge in [0.2, 0.25) is 5.13 Å². The Morgan fingerprint density at radius 3 is 2.83 bits per heavy atom. The molecule has 3 aromatic rings. The number of hydrogen-bond donors (Lipinski definition) is 2. The van der Waals surface area contributed by atoms with Crippen molar-refractivity contribution in [3.8, 4) is 11.3 Å². The summed E-state index contributed by atoms with van der Waals surface area (Å²) in [7, 11) is 0. The Morgan fingerprint density at radius 2 is 2.09 bits per heavy atom. The summed E-state index contributed by atoms with van der Waals surface area (Å²) in [5.74, 6) is 0.261. The lowest BCUT2D eigenvalue weighted by atomic mass is 10.1. The minimum absolute atomic E-state index is 0.220. The van der Waals surface area contributed by atoms with E-state index in [2.05, 4.69) is 15.5 Å². The molecule has 118 valence electrons. The maximum Gasteiger partial charge on any atom is 0.336 e. The minimum atomic E-state index is -0.974. The quantitative estimate of drug-likeness (QED) is 0.717. The molecule has 0 bridgehead atoms. The van der Waals surface area contributed by atoms with Crippen LogP contribution in [0.2, 0.25) is 0 Å². The number of aryl methyl sites for hydroxylation is 1. The summed E-state index contributed by atoms with van der Waals surface area (Å²) in [6.45, 7) is 2.50. The molecule has 0 amide bonds. The first kappa shape index (κ1) is 15.2. The van der Waals surface area contributed by atoms with E-state index in [-0.39, 0.29) is 5.56 Å². The van der Waals surface area contributed by atoms with Gasteiger partial charge in [-0.1, -0.05) is 36.5 Å². The summed E-state index contributed by atoms with van der Waals surface area (Å²) in [5, 5.41) is 22.2. The lowest BCUT2D eigenvalue weighted by molar-refractivity contribution is 0.0697. The van der Waals surface area contributed by atoms with Gasteiger partial charge in [-0.2, -0.15) is 0 Å². The second-order valence-corrected chi connectivity index (χ2v) is 5.89. The molecule has 0 radical (unpaired) electrons. The van der Waals surface area contributed by atoms with Crippen molar-refractivity contribution in [1.29, 1.82) is 0 Å². The number of anilines is 1. The molecule has 0 aliphatic heterocycles. The number of benzene rings is 1. The van der Waals surface area contributed by atoms with Crippen molar-refractivity contribution in [3.05, 3.63) is 52.7 Å². The number of furan rings is 1. The van der Waals surface area contributed by atoms with Gasteiger partial charge in [0, 0.05) is 5.56 Å². The number of aromatic carboxylic acids is 1. The zero-order valence-electron chi connectivity index (χ0n) is 12.4. The summed E-state index contributed by atoms with van der Waals surface area (Å²) in [4.78, 5) is 11.3. The molecule has 0 fully saturated rings. The molecule has 1 aromatic carbocycles. The topological polar surface area (TPSA) is 88.2 Å². The van der Waals surface area contributed by atoms with Crippen molar-refractivity contribution in [2.75, 3.05) is 5.32 Å². The fourth-order valence-corrected chi connectivity index (χ4v) is 2.81. The Hall–Kier alpha value is -2.67. The fraction of sp³-hybridized carbons (Fsp3) is 0.188. The summed E-state index contributed by atoms with van der Waals surface area (Å²) >= 11 is 1.51. The van der Waals surface area contributed by atoms with Crippen LogP contribution in [-0.2, 0) is 13.0 Å². The molecular formula is C16H15N3O3S. The molecule has 2 aromatic heterocycles. The third kappa shape index (κ3) is 3.40. The fourth-order valence-electron chi connectivity index (χ4n) is 2.13. The van der Waals surface area contributed by atoms with E-state index < -0.39 is 5.97 Å². The van der Waals surface area contributed by atoms with Gasteiger partial charge in [-0.15, -0.1) is 10.2 Å². The van der Waals surface area contributed by atoms with Gasteiger partial charge < -0.3 is 14.8 Å². The molecule has 3 rings (SSSR count). The zero-order chi connectivity index (χ0) is 16.2. The number of hydrogen-bond acceptors (Lipinski definition) is 6. The maximum atomic E-state index is 11.3. The van der Waals surface area contributed by atoms with Crippen molar-refractivity contribution < 1.29 is 14.3 Å². The maximum absolute atomic E-state index is 11.3. The van der Waals surface area contributed by atoms with Crippen LogP contribution in [0.4, 0.5) is 5.13 Å². The molecule has 6 nitrogen and oxygen atoms in total. The van der Waals surface area contributed by atoms with E-state index in [1.165, 1.54) is 11.3 Å². The molecule has 2 N–H and O–H groups in total. The van der Waals surface area contributed by atoms with Crippen LogP contribution in [0.15, 0.2) is 40.8 Å². The molecule has 7 heteroatoms. The third-order valence-corrected chi connectivity index (χ3v) is 4.29. The van der Waals surface area contributed by atoms with Gasteiger partial charge in [0.1, 0.15) is 16.5 Å². The molecule has 0 atom stereocenters. The van der Waals surface area contributed by atoms with Gasteiger partial charge in [0.15, 0.2) is 0 Å². The zero-order valence-corrected chi connectivity index (χ0v) is 13.3. The number of carboxylic acids is 1. The number of nitrogens with zero attached hydrogens (tertiary/aromatic N) is 2. The van der Waals surface area contributed by atoms with Crippen molar-refractivity contribution in [2.45, 2.75) is 19.9 Å². The Labute approximate surface area is 136 Å². The van der Waals surface area contributed by atoms with Crippen LogP contribution < -0.4 is 5.32 Å². The molecule has 0 saturated heterocycles. The molecular weight excluding hydrogens is 314 g/mol. The van der Waals surface area contributed by atoms with Crippen molar-refractivity contribution >= 4 is 22.4 Å². The second kappa shape index (κ2) is 6.62. The Bertz CT molecular complexity index is 825. The monoisotopic (exact) mass is 329 g/mol. The summed E-state index contributed by atoms with van der Waals surface area (Å²) in [6, 6.07) is 10.4. The molecule has 0 unspecified atom stereocenters. The molecule has 0 aliphatic rings. The summed E-state index contributed by atoms with van der Waals surface area (Å²) in [5.41, 5.74) is 0.786. The first-order valence-corrected chi connectivity index (χ1v) is 7.96. The van der Waals surface area contributed by atoms with Crippen LogP contribution in [0.5, 0.6) is 0 Å². The van der Waals surface area contributed by atoms with Gasteiger partial charge in [0.25, 0.3) is 0 Å². The molecule has 0 aliphatic carbocycles. The molecule has 0 saturated carbocycles. The van der Waals surface area contributed by atoms with Crippen LogP contribution in [0.25, 0.3) is 11.3 Å². The smallest absolute Gasteiger partial charge is 0.336 e. The third-order valence-electron chi connectivity index (χ3n) is 3.27. The number of nitrogens with one attached hydrogen (secondary N) is 1. The van der Waals surface area contributed by atoms with E-state index in [1.807, 2.05) is 13.0 Å². The summed E-state index contributed by atoms with van der Waals surface area (Å²) in [6.07, 6.45) is 0.857. The van der Waals surface area contributed by atoms with Gasteiger partial charge in [-0.05, 0) is 24.6 Å². The highest BCUT2D eigenvalue weighted by Gasteiger charge is 2.14. The summed E-state index contributed by atoms with van der Waals surface area (Å²) < 4.78 is 5.75. The number of carbonyl (C=O) groups is 1. The highest BCUT2D eigenvalue weighted by atomic mass is 32.1. The van der Waals surface area contributed by atoms with E-state index in [1.54, 1.807) is 30.3 Å². The lowest BCUT2D eigenvalue weighted by Gasteiger charge is -2.03. The molecule has 2 heterocycles. The normalized spacial score (nSPS) is 10.7. The highest BCUT2D eigenvalue weighted by molar-refractivity contribution is 7.15. The van der Waals surface area contributed by atoms with Crippen LogP contribution in [0, 0.1) is 0 Å². The van der Waals surface area contributed by atoms with E-state index >= 15 is 0 Å². The van der Waals surface area contributed by atoms with Gasteiger partial charge in [0.05, 0.1) is 12.1 Å². The molecule has 0 spiro atoms. The standard InChI is InChI=1S/C16H15N3O3S/c1-2-14-18-19-16(23-14)17-9-10-7-8-13(22-10)11-5-3-4-6-12(11)15(20)21/h3-8H,2,9H2,1H3,(H,17,19)(H,20,21). The number of carboxylic acid groups (broad SMARTS) is 1. The van der Waals surface area contributed by atoms with Crippen LogP contribution in [-0.4, -0.2) is 21.3 Å². The SMILES string of the molecule is CCc1nnc(NCc2ccc(-c3ccccc3C(=O)O)o2)s1. The Kier molecular flexibility index (Phi) is 4.38. The van der Waals surface area contributed by atoms with Gasteiger partial charge in [-0.25, -0.2) is 4.79 Å². The Morgan fingerprint density at radius 1 is 1.26 bits per heavy atom. The Balaban J connectivity index is 1.74. The van der Waals surface area contributed by atoms with E-state index in [9.17, 15) is 9.90 Å². The first-order chi connectivity index (χ1) is 11.2. The minimum Gasteiger partial charge on any atom is -0.478 e. The molecule has 23 heavy (non-hydrogen) atoms. The lowest BCUT2D eigenvalue weighted by Crippen LogP contribution is -1.99. The average Bonchev–Trinajstić information content (AvgIpc) is 3.22.